The quantitative estimate of drug-likeness (QED) is 0.768. The van der Waals surface area contributed by atoms with Crippen molar-refractivity contribution in [1.82, 2.24) is 9.78 Å². The number of nitrogens with zero attached hydrogens (tertiary/aromatic N) is 2. The maximum Gasteiger partial charge on any atom is 0.305 e. The zero-order valence-electron chi connectivity index (χ0n) is 12.0. The predicted octanol–water partition coefficient (Wildman–Crippen LogP) is 3.04. The van der Waals surface area contributed by atoms with Crippen LogP contribution in [0.2, 0.25) is 0 Å². The normalized spacial score (nSPS) is 23.3. The highest BCUT2D eigenvalue weighted by atomic mass is 16.5. The monoisotopic (exact) mass is 264 g/mol. The lowest BCUT2D eigenvalue weighted by molar-refractivity contribution is -0.143. The Bertz CT molecular complexity index is 406. The average Bonchev–Trinajstić information content (AvgIpc) is 2.84. The first kappa shape index (κ1) is 14.1. The van der Waals surface area contributed by atoms with Crippen LogP contribution in [0.1, 0.15) is 56.9 Å². The molecule has 106 valence electrons. The highest BCUT2D eigenvalue weighted by Gasteiger charge is 2.23. The number of rotatable bonds is 5. The van der Waals surface area contributed by atoms with Gasteiger partial charge in [0, 0.05) is 19.7 Å². The third-order valence-electron chi connectivity index (χ3n) is 4.11. The lowest BCUT2D eigenvalue weighted by Gasteiger charge is -2.27. The van der Waals surface area contributed by atoms with Gasteiger partial charge in [-0.25, -0.2) is 0 Å². The van der Waals surface area contributed by atoms with Crippen LogP contribution in [0.25, 0.3) is 0 Å². The van der Waals surface area contributed by atoms with Gasteiger partial charge in [0.1, 0.15) is 0 Å². The van der Waals surface area contributed by atoms with Crippen LogP contribution in [0, 0.1) is 5.92 Å². The van der Waals surface area contributed by atoms with Crippen molar-refractivity contribution >= 4 is 5.97 Å². The number of ether oxygens (including phenoxy) is 1. The van der Waals surface area contributed by atoms with E-state index in [0.29, 0.717) is 24.9 Å². The summed E-state index contributed by atoms with van der Waals surface area (Å²) in [7, 11) is 1.97. The summed E-state index contributed by atoms with van der Waals surface area (Å²) in [5.74, 6) is 1.31. The number of aryl methyl sites for hydroxylation is 1. The van der Waals surface area contributed by atoms with Crippen LogP contribution in [0.4, 0.5) is 0 Å². The van der Waals surface area contributed by atoms with Gasteiger partial charge < -0.3 is 4.74 Å². The molecular formula is C15H24N2O2. The Balaban J connectivity index is 1.72. The second-order valence-electron chi connectivity index (χ2n) is 5.51. The Labute approximate surface area is 115 Å². The summed E-state index contributed by atoms with van der Waals surface area (Å²) in [4.78, 5) is 11.3. The van der Waals surface area contributed by atoms with Crippen LogP contribution < -0.4 is 0 Å². The zero-order valence-corrected chi connectivity index (χ0v) is 12.0. The molecule has 0 saturated heterocycles. The van der Waals surface area contributed by atoms with Gasteiger partial charge in [-0.3, -0.25) is 9.48 Å². The van der Waals surface area contributed by atoms with Gasteiger partial charge >= 0.3 is 5.97 Å². The van der Waals surface area contributed by atoms with Crippen LogP contribution >= 0.6 is 0 Å². The SMILES string of the molecule is CCOC(=O)CCC1CCC(c2cnn(C)c2)CC1. The zero-order chi connectivity index (χ0) is 13.7. The molecule has 0 aliphatic heterocycles. The molecule has 19 heavy (non-hydrogen) atoms. The molecule has 2 rings (SSSR count). The van der Waals surface area contributed by atoms with Gasteiger partial charge in [0.05, 0.1) is 12.8 Å². The lowest BCUT2D eigenvalue weighted by atomic mass is 9.78. The van der Waals surface area contributed by atoms with E-state index in [-0.39, 0.29) is 5.97 Å². The summed E-state index contributed by atoms with van der Waals surface area (Å²) in [5, 5.41) is 4.25. The summed E-state index contributed by atoms with van der Waals surface area (Å²) < 4.78 is 6.85. The van der Waals surface area contributed by atoms with Gasteiger partial charge in [-0.2, -0.15) is 5.10 Å². The van der Waals surface area contributed by atoms with E-state index in [0.717, 1.165) is 6.42 Å². The summed E-state index contributed by atoms with van der Waals surface area (Å²) in [6.07, 6.45) is 10.6. The van der Waals surface area contributed by atoms with E-state index < -0.39 is 0 Å². The Morgan fingerprint density at radius 3 is 2.74 bits per heavy atom. The number of hydrogen-bond donors (Lipinski definition) is 0. The maximum atomic E-state index is 11.3. The fraction of sp³-hybridized carbons (Fsp3) is 0.733. The summed E-state index contributed by atoms with van der Waals surface area (Å²) in [6, 6.07) is 0. The van der Waals surface area contributed by atoms with Crippen molar-refractivity contribution in [1.29, 1.82) is 0 Å². The van der Waals surface area contributed by atoms with Gasteiger partial charge in [0.2, 0.25) is 0 Å². The molecule has 0 aromatic carbocycles. The number of carbonyl (C=O) groups excluding carboxylic acids is 1. The van der Waals surface area contributed by atoms with Gasteiger partial charge in [-0.05, 0) is 56.4 Å². The molecule has 1 aliphatic rings. The van der Waals surface area contributed by atoms with Crippen molar-refractivity contribution in [2.45, 2.75) is 51.4 Å². The molecule has 1 heterocycles. The molecule has 1 aliphatic carbocycles. The molecule has 0 atom stereocenters. The van der Waals surface area contributed by atoms with E-state index in [2.05, 4.69) is 11.3 Å². The first-order valence-electron chi connectivity index (χ1n) is 7.33. The van der Waals surface area contributed by atoms with Gasteiger partial charge in [-0.1, -0.05) is 0 Å². The fourth-order valence-corrected chi connectivity index (χ4v) is 2.99. The molecule has 0 unspecified atom stereocenters. The minimum atomic E-state index is -0.0446. The molecule has 1 saturated carbocycles. The second-order valence-corrected chi connectivity index (χ2v) is 5.51. The fourth-order valence-electron chi connectivity index (χ4n) is 2.99. The van der Waals surface area contributed by atoms with E-state index in [1.165, 1.54) is 31.2 Å². The topological polar surface area (TPSA) is 44.1 Å². The van der Waals surface area contributed by atoms with Crippen molar-refractivity contribution in [2.75, 3.05) is 6.61 Å². The molecule has 0 bridgehead atoms. The molecule has 1 aromatic rings. The Morgan fingerprint density at radius 1 is 1.42 bits per heavy atom. The molecule has 0 amide bonds. The molecule has 1 fully saturated rings. The van der Waals surface area contributed by atoms with E-state index in [1.54, 1.807) is 0 Å². The highest BCUT2D eigenvalue weighted by Crippen LogP contribution is 2.37. The largest absolute Gasteiger partial charge is 0.466 e. The van der Waals surface area contributed by atoms with Crippen molar-refractivity contribution < 1.29 is 9.53 Å². The molecule has 4 heteroatoms. The van der Waals surface area contributed by atoms with E-state index in [9.17, 15) is 4.79 Å². The van der Waals surface area contributed by atoms with Gasteiger partial charge in [0.25, 0.3) is 0 Å². The smallest absolute Gasteiger partial charge is 0.305 e. The number of aromatic nitrogens is 2. The minimum Gasteiger partial charge on any atom is -0.466 e. The van der Waals surface area contributed by atoms with Crippen molar-refractivity contribution in [3.05, 3.63) is 18.0 Å². The summed E-state index contributed by atoms with van der Waals surface area (Å²) in [5.41, 5.74) is 1.37. The third-order valence-corrected chi connectivity index (χ3v) is 4.11. The minimum absolute atomic E-state index is 0.0446. The Hall–Kier alpha value is -1.32. The summed E-state index contributed by atoms with van der Waals surface area (Å²) >= 11 is 0. The second kappa shape index (κ2) is 6.73. The van der Waals surface area contributed by atoms with E-state index >= 15 is 0 Å². The van der Waals surface area contributed by atoms with Crippen LogP contribution in [-0.4, -0.2) is 22.4 Å². The molecule has 4 nitrogen and oxygen atoms in total. The van der Waals surface area contributed by atoms with Gasteiger partial charge in [-0.15, -0.1) is 0 Å². The lowest BCUT2D eigenvalue weighted by Crippen LogP contribution is -2.15. The molecule has 0 radical (unpaired) electrons. The van der Waals surface area contributed by atoms with Crippen molar-refractivity contribution in [3.8, 4) is 0 Å². The molecule has 0 N–H and O–H groups in total. The third kappa shape index (κ3) is 4.08. The van der Waals surface area contributed by atoms with Crippen LogP contribution in [0.15, 0.2) is 12.4 Å². The Morgan fingerprint density at radius 2 is 2.16 bits per heavy atom. The molecule has 0 spiro atoms. The first-order valence-corrected chi connectivity index (χ1v) is 7.33. The maximum absolute atomic E-state index is 11.3. The van der Waals surface area contributed by atoms with Gasteiger partial charge in [0.15, 0.2) is 0 Å². The van der Waals surface area contributed by atoms with Crippen molar-refractivity contribution in [2.24, 2.45) is 13.0 Å². The number of carbonyl (C=O) groups is 1. The highest BCUT2D eigenvalue weighted by molar-refractivity contribution is 5.69. The molecule has 1 aromatic heterocycles. The molecular weight excluding hydrogens is 240 g/mol. The first-order chi connectivity index (χ1) is 9.19. The summed E-state index contributed by atoms with van der Waals surface area (Å²) in [6.45, 7) is 2.35. The van der Waals surface area contributed by atoms with E-state index in [4.69, 9.17) is 4.74 Å². The number of hydrogen-bond acceptors (Lipinski definition) is 3. The van der Waals surface area contributed by atoms with E-state index in [1.807, 2.05) is 24.9 Å². The number of esters is 1. The van der Waals surface area contributed by atoms with Crippen LogP contribution in [0.5, 0.6) is 0 Å². The Kier molecular flexibility index (Phi) is 5.00. The van der Waals surface area contributed by atoms with Crippen LogP contribution in [-0.2, 0) is 16.6 Å². The van der Waals surface area contributed by atoms with Crippen molar-refractivity contribution in [3.63, 3.8) is 0 Å². The average molecular weight is 264 g/mol. The standard InChI is InChI=1S/C15H24N2O2/c1-3-19-15(18)9-6-12-4-7-13(8-5-12)14-10-16-17(2)11-14/h10-13H,3-9H2,1-2H3. The predicted molar refractivity (Wildman–Crippen MR) is 73.8 cm³/mol. The van der Waals surface area contributed by atoms with Crippen LogP contribution in [0.3, 0.4) is 0 Å².